The topological polar surface area (TPSA) is 74.6 Å². The second kappa shape index (κ2) is 6.62. The number of anilines is 1. The third-order valence-electron chi connectivity index (χ3n) is 2.95. The number of nitrogens with zero attached hydrogens (tertiary/aromatic N) is 2. The molecule has 0 aliphatic heterocycles. The molecule has 1 atom stereocenters. The van der Waals surface area contributed by atoms with E-state index >= 15 is 0 Å². The van der Waals surface area contributed by atoms with Gasteiger partial charge >= 0.3 is 0 Å². The van der Waals surface area contributed by atoms with E-state index in [1.54, 1.807) is 0 Å². The quantitative estimate of drug-likeness (QED) is 0.380. The molecule has 2 rings (SSSR count). The predicted octanol–water partition coefficient (Wildman–Crippen LogP) is 2.57. The molecule has 2 aromatic rings. The van der Waals surface area contributed by atoms with Crippen molar-refractivity contribution in [1.29, 1.82) is 0 Å². The number of quaternary nitrogens is 1. The van der Waals surface area contributed by atoms with E-state index in [4.69, 9.17) is 9.84 Å². The molecular formula is C13H13F3N3O3S+. The number of aliphatic hydroxyl groups excluding tert-OH is 1. The zero-order chi connectivity index (χ0) is 17.2. The van der Waals surface area contributed by atoms with Gasteiger partial charge in [-0.25, -0.2) is 18.2 Å². The number of pyridine rings is 1. The second-order valence-corrected chi connectivity index (χ2v) is 5.02. The van der Waals surface area contributed by atoms with Gasteiger partial charge in [0, 0.05) is 10.2 Å². The zero-order valence-corrected chi connectivity index (χ0v) is 12.7. The summed E-state index contributed by atoms with van der Waals surface area (Å²) in [6, 6.07) is 2.76. The van der Waals surface area contributed by atoms with Crippen molar-refractivity contribution in [2.45, 2.75) is 6.61 Å². The SMILES string of the molecule is COc1ncc(F)cc1[N+](O)(S)Nc1ccc(F)c(CO)c1F. The van der Waals surface area contributed by atoms with E-state index in [2.05, 4.69) is 23.2 Å². The molecule has 0 amide bonds. The molecule has 1 unspecified atom stereocenters. The number of nitrogens with one attached hydrogen (secondary N) is 1. The number of hydrogen-bond donors (Lipinski definition) is 4. The van der Waals surface area contributed by atoms with Gasteiger partial charge in [-0.3, -0.25) is 0 Å². The number of aliphatic hydroxyl groups is 1. The molecular weight excluding hydrogens is 335 g/mol. The van der Waals surface area contributed by atoms with Crippen molar-refractivity contribution >= 4 is 24.2 Å². The highest BCUT2D eigenvalue weighted by Gasteiger charge is 2.33. The fraction of sp³-hybridized carbons (Fsp3) is 0.154. The lowest BCUT2D eigenvalue weighted by molar-refractivity contribution is 0.0492. The number of rotatable bonds is 5. The van der Waals surface area contributed by atoms with Crippen LogP contribution in [0, 0.1) is 17.5 Å². The van der Waals surface area contributed by atoms with E-state index in [0.29, 0.717) is 0 Å². The highest BCUT2D eigenvalue weighted by Crippen LogP contribution is 2.34. The summed E-state index contributed by atoms with van der Waals surface area (Å²) in [4.78, 5) is 3.62. The lowest BCUT2D eigenvalue weighted by atomic mass is 10.2. The zero-order valence-electron chi connectivity index (χ0n) is 11.8. The van der Waals surface area contributed by atoms with Crippen LogP contribution in [0.15, 0.2) is 24.4 Å². The number of thiol groups is 1. The molecule has 0 saturated carbocycles. The molecule has 1 heterocycles. The summed E-state index contributed by atoms with van der Waals surface area (Å²) < 4.78 is 44.2. The summed E-state index contributed by atoms with van der Waals surface area (Å²) in [7, 11) is 1.24. The predicted molar refractivity (Wildman–Crippen MR) is 79.2 cm³/mol. The molecule has 0 spiro atoms. The lowest BCUT2D eigenvalue weighted by Crippen LogP contribution is -2.42. The molecule has 0 saturated heterocycles. The minimum atomic E-state index is -1.53. The van der Waals surface area contributed by atoms with Gasteiger partial charge in [0.1, 0.15) is 30.1 Å². The Morgan fingerprint density at radius 2 is 2.04 bits per heavy atom. The molecule has 0 bridgehead atoms. The number of halogens is 3. The summed E-state index contributed by atoms with van der Waals surface area (Å²) in [6.07, 6.45) is 0.860. The smallest absolute Gasteiger partial charge is 0.283 e. The minimum absolute atomic E-state index is 0.165. The first-order chi connectivity index (χ1) is 10.8. The first-order valence-corrected chi connectivity index (χ1v) is 6.60. The van der Waals surface area contributed by atoms with Gasteiger partial charge in [0.15, 0.2) is 5.82 Å². The van der Waals surface area contributed by atoms with Crippen LogP contribution in [0.2, 0.25) is 0 Å². The van der Waals surface area contributed by atoms with Crippen LogP contribution in [-0.4, -0.2) is 22.4 Å². The fourth-order valence-electron chi connectivity index (χ4n) is 1.85. The fourth-order valence-corrected chi connectivity index (χ4v) is 2.10. The molecule has 124 valence electrons. The van der Waals surface area contributed by atoms with E-state index < -0.39 is 33.8 Å². The van der Waals surface area contributed by atoms with Crippen LogP contribution in [0.4, 0.5) is 24.5 Å². The Morgan fingerprint density at radius 3 is 2.65 bits per heavy atom. The third kappa shape index (κ3) is 3.50. The van der Waals surface area contributed by atoms with Crippen LogP contribution >= 0.6 is 12.8 Å². The van der Waals surface area contributed by atoms with E-state index in [1.165, 1.54) is 7.11 Å². The van der Waals surface area contributed by atoms with Gasteiger partial charge in [0.05, 0.1) is 25.5 Å². The van der Waals surface area contributed by atoms with Crippen LogP contribution in [0.1, 0.15) is 5.56 Å². The van der Waals surface area contributed by atoms with Crippen LogP contribution in [0.25, 0.3) is 0 Å². The maximum Gasteiger partial charge on any atom is 0.283 e. The Kier molecular flexibility index (Phi) is 5.00. The van der Waals surface area contributed by atoms with Crippen molar-refractivity contribution in [1.82, 2.24) is 9.14 Å². The highest BCUT2D eigenvalue weighted by atomic mass is 32.1. The Morgan fingerprint density at radius 1 is 1.35 bits per heavy atom. The number of methoxy groups -OCH3 is 1. The van der Waals surface area contributed by atoms with Gasteiger partial charge < -0.3 is 9.84 Å². The van der Waals surface area contributed by atoms with Crippen molar-refractivity contribution in [2.75, 3.05) is 12.5 Å². The third-order valence-corrected chi connectivity index (χ3v) is 3.26. The molecule has 0 aliphatic carbocycles. The maximum absolute atomic E-state index is 14.1. The first kappa shape index (κ1) is 17.3. The van der Waals surface area contributed by atoms with Gasteiger partial charge in [-0.15, -0.1) is 0 Å². The molecule has 1 aromatic heterocycles. The number of benzene rings is 1. The highest BCUT2D eigenvalue weighted by molar-refractivity contribution is 7.79. The summed E-state index contributed by atoms with van der Waals surface area (Å²) in [5, 5.41) is 19.3. The van der Waals surface area contributed by atoms with Crippen LogP contribution in [0.5, 0.6) is 5.88 Å². The maximum atomic E-state index is 14.1. The Hall–Kier alpha value is -2.01. The van der Waals surface area contributed by atoms with Gasteiger partial charge in [-0.1, -0.05) is 0 Å². The standard InChI is InChI=1S/C13H13F3N3O3S/c1-22-13-11(4-7(14)5-17-13)19(21,23)18-10-3-2-9(15)8(6-20)12(10)16/h2-5,18,20-21,23H,6H2,1H3/q+1. The largest absolute Gasteiger partial charge is 0.477 e. The summed E-state index contributed by atoms with van der Waals surface area (Å²) in [5.74, 6) is -3.03. The molecule has 3 N–H and O–H groups in total. The van der Waals surface area contributed by atoms with Gasteiger partial charge in [0.25, 0.3) is 11.6 Å². The molecule has 0 radical (unpaired) electrons. The summed E-state index contributed by atoms with van der Waals surface area (Å²) in [6.45, 7) is -0.879. The van der Waals surface area contributed by atoms with E-state index in [9.17, 15) is 18.4 Å². The molecule has 23 heavy (non-hydrogen) atoms. The normalized spacial score (nSPS) is 13.5. The van der Waals surface area contributed by atoms with E-state index in [-0.39, 0.29) is 17.3 Å². The van der Waals surface area contributed by atoms with Gasteiger partial charge in [-0.2, -0.15) is 10.6 Å². The first-order valence-electron chi connectivity index (χ1n) is 6.20. The lowest BCUT2D eigenvalue weighted by Gasteiger charge is -2.24. The number of ether oxygens (including phenoxy) is 1. The summed E-state index contributed by atoms with van der Waals surface area (Å²) in [5.41, 5.74) is 0.986. The molecule has 1 aromatic carbocycles. The van der Waals surface area contributed by atoms with Crippen molar-refractivity contribution < 1.29 is 28.2 Å². The van der Waals surface area contributed by atoms with Crippen molar-refractivity contribution in [3.8, 4) is 5.88 Å². The van der Waals surface area contributed by atoms with E-state index in [1.807, 2.05) is 0 Å². The van der Waals surface area contributed by atoms with Crippen molar-refractivity contribution in [3.05, 3.63) is 47.4 Å². The van der Waals surface area contributed by atoms with Crippen LogP contribution < -0.4 is 14.3 Å². The van der Waals surface area contributed by atoms with E-state index in [0.717, 1.165) is 24.4 Å². The Balaban J connectivity index is 2.45. The molecule has 6 nitrogen and oxygen atoms in total. The summed E-state index contributed by atoms with van der Waals surface area (Å²) >= 11 is 3.87. The molecule has 10 heteroatoms. The van der Waals surface area contributed by atoms with Crippen molar-refractivity contribution in [2.24, 2.45) is 0 Å². The number of aromatic nitrogens is 1. The minimum Gasteiger partial charge on any atom is -0.477 e. The Labute approximate surface area is 134 Å². The molecule has 0 fully saturated rings. The average Bonchev–Trinajstić information content (AvgIpc) is 2.50. The molecule has 0 aliphatic rings. The van der Waals surface area contributed by atoms with Gasteiger partial charge in [0.2, 0.25) is 0 Å². The van der Waals surface area contributed by atoms with Crippen LogP contribution in [0.3, 0.4) is 0 Å². The van der Waals surface area contributed by atoms with Gasteiger partial charge in [-0.05, 0) is 12.1 Å². The number of hydrogen-bond acceptors (Lipinski definition) is 6. The van der Waals surface area contributed by atoms with Crippen molar-refractivity contribution in [3.63, 3.8) is 0 Å². The second-order valence-electron chi connectivity index (χ2n) is 4.44. The van der Waals surface area contributed by atoms with Crippen LogP contribution in [-0.2, 0) is 6.61 Å². The monoisotopic (exact) mass is 348 g/mol. The average molecular weight is 348 g/mol. The Bertz CT molecular complexity index is 731.